The molecule has 0 aliphatic heterocycles. The molecule has 0 aliphatic carbocycles. The van der Waals surface area contributed by atoms with Crippen LogP contribution in [0.1, 0.15) is 5.56 Å². The van der Waals surface area contributed by atoms with Gasteiger partial charge >= 0.3 is 6.92 Å². The van der Waals surface area contributed by atoms with Gasteiger partial charge in [0.2, 0.25) is 0 Å². The van der Waals surface area contributed by atoms with E-state index < -0.39 is 6.92 Å². The normalized spacial score (nSPS) is 11.0. The predicted molar refractivity (Wildman–Crippen MR) is 118 cm³/mol. The van der Waals surface area contributed by atoms with Crippen molar-refractivity contribution in [2.45, 2.75) is 6.54 Å². The van der Waals surface area contributed by atoms with Crippen LogP contribution in [-0.2, 0) is 6.54 Å². The van der Waals surface area contributed by atoms with Crippen LogP contribution in [0.25, 0.3) is 10.9 Å². The van der Waals surface area contributed by atoms with Crippen molar-refractivity contribution in [3.8, 4) is 5.75 Å². The molecule has 0 radical (unpaired) electrons. The smallest absolute Gasteiger partial charge is 0.426 e. The Kier molecular flexibility index (Phi) is 5.58. The SMILES string of the molecule is CN(C)Cc1ccc(B(Oc2cccc3cccnc23)c2cccc(F)c2)cc1. The van der Waals surface area contributed by atoms with Gasteiger partial charge in [-0.05, 0) is 54.8 Å². The summed E-state index contributed by atoms with van der Waals surface area (Å²) in [5.41, 5.74) is 3.73. The van der Waals surface area contributed by atoms with Gasteiger partial charge in [0.15, 0.2) is 0 Å². The molecule has 144 valence electrons. The molecule has 0 amide bonds. The van der Waals surface area contributed by atoms with Gasteiger partial charge in [0, 0.05) is 18.1 Å². The highest BCUT2D eigenvalue weighted by molar-refractivity contribution is 6.80. The van der Waals surface area contributed by atoms with Crippen LogP contribution in [0.4, 0.5) is 4.39 Å². The second-order valence-corrected chi connectivity index (χ2v) is 7.36. The van der Waals surface area contributed by atoms with Gasteiger partial charge < -0.3 is 9.55 Å². The van der Waals surface area contributed by atoms with E-state index in [-0.39, 0.29) is 5.82 Å². The topological polar surface area (TPSA) is 25.4 Å². The molecule has 0 N–H and O–H groups in total. The van der Waals surface area contributed by atoms with Crippen LogP contribution in [0, 0.1) is 5.82 Å². The Hall–Kier alpha value is -3.18. The molecule has 0 fully saturated rings. The molecule has 0 saturated heterocycles. The van der Waals surface area contributed by atoms with Crippen LogP contribution >= 0.6 is 0 Å². The van der Waals surface area contributed by atoms with Gasteiger partial charge in [-0.25, -0.2) is 4.39 Å². The first-order chi connectivity index (χ1) is 14.1. The standard InChI is InChI=1S/C24H22BFN2O/c1-28(2)17-18-11-13-20(14-12-18)25(21-8-4-9-22(26)16-21)29-23-10-3-6-19-7-5-15-27-24(19)23/h3-16H,17H2,1-2H3. The van der Waals surface area contributed by atoms with Crippen molar-refractivity contribution < 1.29 is 9.04 Å². The molecular formula is C24H22BFN2O. The number of benzene rings is 3. The summed E-state index contributed by atoms with van der Waals surface area (Å²) in [5.74, 6) is 0.395. The van der Waals surface area contributed by atoms with Gasteiger partial charge in [0.05, 0.1) is 0 Å². The van der Waals surface area contributed by atoms with Gasteiger partial charge in [-0.2, -0.15) is 0 Å². The number of fused-ring (bicyclic) bond motifs is 1. The molecule has 29 heavy (non-hydrogen) atoms. The van der Waals surface area contributed by atoms with E-state index in [1.54, 1.807) is 12.3 Å². The lowest BCUT2D eigenvalue weighted by atomic mass is 9.55. The molecule has 0 saturated carbocycles. The van der Waals surface area contributed by atoms with Gasteiger partial charge in [0.25, 0.3) is 0 Å². The maximum atomic E-state index is 14.0. The molecule has 0 bridgehead atoms. The Labute approximate surface area is 170 Å². The minimum absolute atomic E-state index is 0.281. The lowest BCUT2D eigenvalue weighted by Crippen LogP contribution is -2.47. The van der Waals surface area contributed by atoms with Crippen molar-refractivity contribution in [1.82, 2.24) is 9.88 Å². The third-order valence-electron chi connectivity index (χ3n) is 4.77. The zero-order valence-electron chi connectivity index (χ0n) is 16.5. The highest BCUT2D eigenvalue weighted by atomic mass is 19.1. The van der Waals surface area contributed by atoms with Crippen LogP contribution in [0.3, 0.4) is 0 Å². The number of halogens is 1. The average molecular weight is 384 g/mol. The van der Waals surface area contributed by atoms with Crippen molar-refractivity contribution in [2.24, 2.45) is 0 Å². The van der Waals surface area contributed by atoms with Gasteiger partial charge in [-0.1, -0.05) is 54.6 Å². The Morgan fingerprint density at radius 1 is 0.897 bits per heavy atom. The molecule has 3 aromatic carbocycles. The minimum Gasteiger partial charge on any atom is -0.550 e. The van der Waals surface area contributed by atoms with E-state index >= 15 is 0 Å². The van der Waals surface area contributed by atoms with Crippen LogP contribution < -0.4 is 15.6 Å². The molecule has 0 spiro atoms. The molecule has 1 aromatic heterocycles. The van der Waals surface area contributed by atoms with Crippen LogP contribution in [0.15, 0.2) is 85.1 Å². The van der Waals surface area contributed by atoms with Crippen molar-refractivity contribution in [1.29, 1.82) is 0 Å². The number of hydrogen-bond acceptors (Lipinski definition) is 3. The average Bonchev–Trinajstić information content (AvgIpc) is 2.72. The van der Waals surface area contributed by atoms with Crippen molar-refractivity contribution in [3.63, 3.8) is 0 Å². The number of aromatic nitrogens is 1. The highest BCUT2D eigenvalue weighted by Gasteiger charge is 2.25. The molecule has 1 heterocycles. The zero-order valence-corrected chi connectivity index (χ0v) is 16.5. The minimum atomic E-state index is -0.438. The number of para-hydroxylation sites is 1. The first-order valence-electron chi connectivity index (χ1n) is 9.59. The van der Waals surface area contributed by atoms with E-state index in [4.69, 9.17) is 4.65 Å². The molecular weight excluding hydrogens is 362 g/mol. The second kappa shape index (κ2) is 8.45. The van der Waals surface area contributed by atoms with E-state index in [9.17, 15) is 4.39 Å². The molecule has 0 atom stereocenters. The molecule has 0 aliphatic rings. The highest BCUT2D eigenvalue weighted by Crippen LogP contribution is 2.23. The maximum absolute atomic E-state index is 14.0. The molecule has 4 rings (SSSR count). The lowest BCUT2D eigenvalue weighted by molar-refractivity contribution is 0.402. The number of pyridine rings is 1. The molecule has 5 heteroatoms. The quantitative estimate of drug-likeness (QED) is 0.475. The molecule has 0 unspecified atom stereocenters. The fourth-order valence-corrected chi connectivity index (χ4v) is 3.46. The fourth-order valence-electron chi connectivity index (χ4n) is 3.46. The first kappa shape index (κ1) is 19.2. The Morgan fingerprint density at radius 3 is 2.41 bits per heavy atom. The zero-order chi connectivity index (χ0) is 20.2. The van der Waals surface area contributed by atoms with Crippen molar-refractivity contribution in [3.05, 3.63) is 96.4 Å². The van der Waals surface area contributed by atoms with Gasteiger partial charge in [0.1, 0.15) is 17.1 Å². The Bertz CT molecular complexity index is 1110. The number of hydrogen-bond donors (Lipinski definition) is 0. The summed E-state index contributed by atoms with van der Waals surface area (Å²) < 4.78 is 20.4. The lowest BCUT2D eigenvalue weighted by Gasteiger charge is -2.18. The number of nitrogens with zero attached hydrogens (tertiary/aromatic N) is 2. The second-order valence-electron chi connectivity index (χ2n) is 7.36. The van der Waals surface area contributed by atoms with E-state index in [2.05, 4.69) is 22.0 Å². The van der Waals surface area contributed by atoms with E-state index in [1.165, 1.54) is 17.7 Å². The van der Waals surface area contributed by atoms with E-state index in [0.29, 0.717) is 5.75 Å². The Morgan fingerprint density at radius 2 is 1.66 bits per heavy atom. The summed E-state index contributed by atoms with van der Waals surface area (Å²) in [6, 6.07) is 24.6. The van der Waals surface area contributed by atoms with Gasteiger partial charge in [-0.3, -0.25) is 4.98 Å². The third kappa shape index (κ3) is 4.46. The van der Waals surface area contributed by atoms with E-state index in [0.717, 1.165) is 28.4 Å². The fraction of sp³-hybridized carbons (Fsp3) is 0.125. The van der Waals surface area contributed by atoms with Crippen LogP contribution in [-0.4, -0.2) is 30.9 Å². The maximum Gasteiger partial charge on any atom is 0.426 e. The van der Waals surface area contributed by atoms with E-state index in [1.807, 2.05) is 62.6 Å². The largest absolute Gasteiger partial charge is 0.550 e. The van der Waals surface area contributed by atoms with Crippen LogP contribution in [0.5, 0.6) is 5.75 Å². The summed E-state index contributed by atoms with van der Waals surface area (Å²) in [6.07, 6.45) is 1.75. The summed E-state index contributed by atoms with van der Waals surface area (Å²) in [7, 11) is 4.08. The summed E-state index contributed by atoms with van der Waals surface area (Å²) in [6.45, 7) is 0.422. The van der Waals surface area contributed by atoms with Crippen LogP contribution in [0.2, 0.25) is 0 Å². The summed E-state index contributed by atoms with van der Waals surface area (Å²) in [5, 5.41) is 1.00. The monoisotopic (exact) mass is 384 g/mol. The first-order valence-corrected chi connectivity index (χ1v) is 9.59. The summed E-state index contributed by atoms with van der Waals surface area (Å²) >= 11 is 0. The number of rotatable bonds is 6. The summed E-state index contributed by atoms with van der Waals surface area (Å²) in [4.78, 5) is 6.60. The molecule has 3 nitrogen and oxygen atoms in total. The van der Waals surface area contributed by atoms with Gasteiger partial charge in [-0.15, -0.1) is 0 Å². The van der Waals surface area contributed by atoms with Crippen molar-refractivity contribution >= 4 is 28.7 Å². The van der Waals surface area contributed by atoms with Crippen molar-refractivity contribution in [2.75, 3.05) is 14.1 Å². The molecule has 4 aromatic rings. The Balaban J connectivity index is 1.74. The predicted octanol–water partition coefficient (Wildman–Crippen LogP) is 3.62. The third-order valence-corrected chi connectivity index (χ3v) is 4.77.